The Hall–Kier alpha value is -2.09. The third kappa shape index (κ3) is 8.04. The van der Waals surface area contributed by atoms with Crippen LogP contribution in [0.15, 0.2) is 48.5 Å². The molecule has 0 amide bonds. The molecule has 2 unspecified atom stereocenters. The number of benzene rings is 2. The van der Waals surface area contributed by atoms with Crippen LogP contribution in [0.2, 0.25) is 0 Å². The van der Waals surface area contributed by atoms with Crippen molar-refractivity contribution in [2.24, 2.45) is 5.92 Å². The van der Waals surface area contributed by atoms with Crippen LogP contribution in [0.5, 0.6) is 0 Å². The van der Waals surface area contributed by atoms with Crippen LogP contribution in [0.25, 0.3) is 11.1 Å². The van der Waals surface area contributed by atoms with E-state index in [0.717, 1.165) is 18.4 Å². The Morgan fingerprint density at radius 1 is 0.862 bits per heavy atom. The maximum Gasteiger partial charge on any atom is 0.306 e. The number of unbranched alkanes of at least 4 members (excludes halogenated alkanes) is 3. The topological polar surface area (TPSA) is 26.3 Å². The number of hydrogen-bond donors (Lipinski definition) is 0. The van der Waals surface area contributed by atoms with Gasteiger partial charge in [0.2, 0.25) is 0 Å². The van der Waals surface area contributed by atoms with Crippen molar-refractivity contribution in [3.05, 3.63) is 59.7 Å². The summed E-state index contributed by atoms with van der Waals surface area (Å²) >= 11 is 0. The van der Waals surface area contributed by atoms with Crippen LogP contribution in [0.1, 0.15) is 89.9 Å². The van der Waals surface area contributed by atoms with Crippen molar-refractivity contribution in [1.29, 1.82) is 0 Å². The van der Waals surface area contributed by atoms with Crippen molar-refractivity contribution in [3.63, 3.8) is 0 Å². The van der Waals surface area contributed by atoms with Crippen LogP contribution in [0, 0.1) is 5.92 Å². The van der Waals surface area contributed by atoms with Crippen molar-refractivity contribution >= 4 is 5.97 Å². The lowest BCUT2D eigenvalue weighted by atomic mass is 9.99. The van der Waals surface area contributed by atoms with Gasteiger partial charge in [0.15, 0.2) is 0 Å². The zero-order chi connectivity index (χ0) is 21.1. The first-order valence-electron chi connectivity index (χ1n) is 11.4. The second-order valence-electron chi connectivity index (χ2n) is 8.31. The van der Waals surface area contributed by atoms with E-state index in [1.165, 1.54) is 48.8 Å². The van der Waals surface area contributed by atoms with E-state index >= 15 is 0 Å². The first kappa shape index (κ1) is 23.2. The highest BCUT2D eigenvalue weighted by atomic mass is 16.5. The van der Waals surface area contributed by atoms with Crippen molar-refractivity contribution < 1.29 is 9.53 Å². The molecule has 2 aromatic carbocycles. The molecule has 0 aliphatic rings. The number of rotatable bonds is 12. The summed E-state index contributed by atoms with van der Waals surface area (Å²) in [6.07, 6.45) is 8.66. The Kier molecular flexibility index (Phi) is 9.97. The molecule has 0 bridgehead atoms. The van der Waals surface area contributed by atoms with E-state index in [-0.39, 0.29) is 12.1 Å². The molecule has 0 aliphatic carbocycles. The largest absolute Gasteiger partial charge is 0.458 e. The normalized spacial score (nSPS) is 13.1. The maximum absolute atomic E-state index is 12.1. The summed E-state index contributed by atoms with van der Waals surface area (Å²) in [6.45, 7) is 8.53. The molecule has 0 heterocycles. The van der Waals surface area contributed by atoms with Gasteiger partial charge < -0.3 is 4.74 Å². The summed E-state index contributed by atoms with van der Waals surface area (Å²) < 4.78 is 5.61. The van der Waals surface area contributed by atoms with Gasteiger partial charge in [0.25, 0.3) is 0 Å². The van der Waals surface area contributed by atoms with Gasteiger partial charge in [-0.05, 0) is 54.4 Å². The first-order valence-corrected chi connectivity index (χ1v) is 11.4. The van der Waals surface area contributed by atoms with Crippen molar-refractivity contribution in [2.45, 2.75) is 85.2 Å². The third-order valence-corrected chi connectivity index (χ3v) is 5.83. The molecule has 2 aromatic rings. The molecule has 0 fully saturated rings. The molecule has 0 spiro atoms. The lowest BCUT2D eigenvalue weighted by Crippen LogP contribution is -2.10. The summed E-state index contributed by atoms with van der Waals surface area (Å²) in [5.41, 5.74) is 4.88. The van der Waals surface area contributed by atoms with Gasteiger partial charge in [-0.15, -0.1) is 0 Å². The highest BCUT2D eigenvalue weighted by molar-refractivity contribution is 5.70. The van der Waals surface area contributed by atoms with E-state index in [0.29, 0.717) is 12.3 Å². The van der Waals surface area contributed by atoms with Gasteiger partial charge in [-0.2, -0.15) is 0 Å². The molecule has 0 radical (unpaired) electrons. The quantitative estimate of drug-likeness (QED) is 0.270. The molecule has 2 heteroatoms. The number of ether oxygens (including phenoxy) is 1. The van der Waals surface area contributed by atoms with Gasteiger partial charge in [0, 0.05) is 6.42 Å². The van der Waals surface area contributed by atoms with Crippen LogP contribution in [0.4, 0.5) is 0 Å². The summed E-state index contributed by atoms with van der Waals surface area (Å²) in [5, 5.41) is 0. The average molecular weight is 395 g/mol. The Bertz CT molecular complexity index is 715. The van der Waals surface area contributed by atoms with Crippen LogP contribution in [-0.2, 0) is 16.0 Å². The monoisotopic (exact) mass is 394 g/mol. The number of hydrogen-bond acceptors (Lipinski definition) is 2. The molecular weight excluding hydrogens is 356 g/mol. The van der Waals surface area contributed by atoms with Gasteiger partial charge in [-0.25, -0.2) is 0 Å². The fraction of sp³-hybridized carbons (Fsp3) is 0.519. The Balaban J connectivity index is 1.88. The molecule has 2 atom stereocenters. The summed E-state index contributed by atoms with van der Waals surface area (Å²) in [6, 6.07) is 17.3. The summed E-state index contributed by atoms with van der Waals surface area (Å²) in [7, 11) is 0. The van der Waals surface area contributed by atoms with Gasteiger partial charge in [-0.1, -0.05) is 95.0 Å². The Morgan fingerprint density at radius 3 is 2.07 bits per heavy atom. The molecule has 2 nitrogen and oxygen atoms in total. The lowest BCUT2D eigenvalue weighted by Gasteiger charge is -2.15. The highest BCUT2D eigenvalue weighted by Crippen LogP contribution is 2.25. The van der Waals surface area contributed by atoms with Gasteiger partial charge in [0.05, 0.1) is 0 Å². The minimum Gasteiger partial charge on any atom is -0.458 e. The average Bonchev–Trinajstić information content (AvgIpc) is 2.75. The van der Waals surface area contributed by atoms with E-state index in [1.54, 1.807) is 0 Å². The van der Waals surface area contributed by atoms with Gasteiger partial charge in [-0.3, -0.25) is 4.79 Å². The fourth-order valence-electron chi connectivity index (χ4n) is 3.46. The lowest BCUT2D eigenvalue weighted by molar-refractivity contribution is -0.148. The van der Waals surface area contributed by atoms with Gasteiger partial charge >= 0.3 is 5.97 Å². The van der Waals surface area contributed by atoms with Crippen LogP contribution < -0.4 is 0 Å². The van der Waals surface area contributed by atoms with E-state index in [4.69, 9.17) is 4.74 Å². The van der Waals surface area contributed by atoms with Crippen LogP contribution in [0.3, 0.4) is 0 Å². The van der Waals surface area contributed by atoms with E-state index in [1.807, 2.05) is 6.92 Å². The Labute approximate surface area is 177 Å². The minimum absolute atomic E-state index is 0.101. The first-order chi connectivity index (χ1) is 14.0. The number of aryl methyl sites for hydroxylation is 1. The molecule has 158 valence electrons. The maximum atomic E-state index is 12.1. The molecule has 0 N–H and O–H groups in total. The second kappa shape index (κ2) is 12.5. The van der Waals surface area contributed by atoms with Gasteiger partial charge in [0.1, 0.15) is 6.10 Å². The molecule has 0 saturated heterocycles. The van der Waals surface area contributed by atoms with E-state index < -0.39 is 0 Å². The summed E-state index contributed by atoms with van der Waals surface area (Å²) in [5.74, 6) is 0.469. The predicted molar refractivity (Wildman–Crippen MR) is 123 cm³/mol. The minimum atomic E-state index is -0.209. The van der Waals surface area contributed by atoms with E-state index in [9.17, 15) is 4.79 Å². The third-order valence-electron chi connectivity index (χ3n) is 5.83. The molecular formula is C27H38O2. The van der Waals surface area contributed by atoms with Crippen LogP contribution in [-0.4, -0.2) is 5.97 Å². The smallest absolute Gasteiger partial charge is 0.306 e. The Morgan fingerprint density at radius 2 is 1.48 bits per heavy atom. The molecule has 0 aliphatic heterocycles. The van der Waals surface area contributed by atoms with Crippen molar-refractivity contribution in [2.75, 3.05) is 0 Å². The number of carbonyl (C=O) groups excluding carboxylic acids is 1. The number of carbonyl (C=O) groups is 1. The fourth-order valence-corrected chi connectivity index (χ4v) is 3.46. The van der Waals surface area contributed by atoms with Crippen molar-refractivity contribution in [1.82, 2.24) is 0 Å². The zero-order valence-electron chi connectivity index (χ0n) is 18.7. The van der Waals surface area contributed by atoms with E-state index in [2.05, 4.69) is 69.3 Å². The molecule has 0 saturated carbocycles. The van der Waals surface area contributed by atoms with Crippen LogP contribution >= 0.6 is 0 Å². The van der Waals surface area contributed by atoms with Crippen molar-refractivity contribution in [3.8, 4) is 11.1 Å². The standard InChI is InChI=1S/C27H38O2/c1-5-7-8-9-10-23-12-14-25(15-13-23)26-18-16-24(17-19-26)22(4)29-27(28)20-11-21(3)6-2/h12-19,21-22H,5-11,20H2,1-4H3. The second-order valence-corrected chi connectivity index (χ2v) is 8.31. The molecule has 29 heavy (non-hydrogen) atoms. The summed E-state index contributed by atoms with van der Waals surface area (Å²) in [4.78, 5) is 12.1. The molecule has 2 rings (SSSR count). The molecule has 0 aromatic heterocycles. The SMILES string of the molecule is CCCCCCc1ccc(-c2ccc(C(C)OC(=O)CCC(C)CC)cc2)cc1. The highest BCUT2D eigenvalue weighted by Gasteiger charge is 2.13. The predicted octanol–water partition coefficient (Wildman–Crippen LogP) is 7.91. The zero-order valence-corrected chi connectivity index (χ0v) is 18.7. The number of esters is 1.